The predicted octanol–water partition coefficient (Wildman–Crippen LogP) is 0.858. The second kappa shape index (κ2) is 4.98. The standard InChI is InChI=1S/C14H18N2O2/c17-14(12-5-3-7-15-12)16-9-11-8-10-4-1-2-6-13(10)18-11/h1-2,4,6,11-12,15H,3,5,7-9H2,(H,16,17)/t11?,12-/m1/s1. The molecule has 2 aliphatic rings. The third-order valence-corrected chi connectivity index (χ3v) is 3.59. The van der Waals surface area contributed by atoms with Gasteiger partial charge >= 0.3 is 0 Å². The van der Waals surface area contributed by atoms with Crippen LogP contribution in [0.3, 0.4) is 0 Å². The molecular formula is C14H18N2O2. The number of rotatable bonds is 3. The van der Waals surface area contributed by atoms with Crippen LogP contribution in [0.4, 0.5) is 0 Å². The molecule has 1 aromatic carbocycles. The molecule has 0 saturated carbocycles. The molecule has 1 amide bonds. The molecule has 2 atom stereocenters. The van der Waals surface area contributed by atoms with Crippen LogP contribution in [0.1, 0.15) is 18.4 Å². The molecule has 2 heterocycles. The quantitative estimate of drug-likeness (QED) is 0.831. The van der Waals surface area contributed by atoms with Gasteiger partial charge in [-0.3, -0.25) is 4.79 Å². The van der Waals surface area contributed by atoms with Gasteiger partial charge in [-0.1, -0.05) is 18.2 Å². The highest BCUT2D eigenvalue weighted by Crippen LogP contribution is 2.27. The molecule has 0 bridgehead atoms. The summed E-state index contributed by atoms with van der Waals surface area (Å²) < 4.78 is 5.78. The topological polar surface area (TPSA) is 50.4 Å². The number of hydrogen-bond acceptors (Lipinski definition) is 3. The first kappa shape index (κ1) is 11.5. The molecule has 18 heavy (non-hydrogen) atoms. The zero-order chi connectivity index (χ0) is 12.4. The van der Waals surface area contributed by atoms with Gasteiger partial charge in [0.25, 0.3) is 0 Å². The lowest BCUT2D eigenvalue weighted by Crippen LogP contribution is -2.44. The van der Waals surface area contributed by atoms with Crippen LogP contribution >= 0.6 is 0 Å². The van der Waals surface area contributed by atoms with Crippen molar-refractivity contribution in [1.29, 1.82) is 0 Å². The van der Waals surface area contributed by atoms with E-state index in [2.05, 4.69) is 16.7 Å². The maximum Gasteiger partial charge on any atom is 0.237 e. The van der Waals surface area contributed by atoms with Crippen LogP contribution in [0.2, 0.25) is 0 Å². The maximum absolute atomic E-state index is 11.8. The van der Waals surface area contributed by atoms with Crippen molar-refractivity contribution in [3.63, 3.8) is 0 Å². The SMILES string of the molecule is O=C(NCC1Cc2ccccc2O1)[C@H]1CCCN1. The van der Waals surface area contributed by atoms with Gasteiger partial charge in [-0.2, -0.15) is 0 Å². The van der Waals surface area contributed by atoms with Crippen LogP contribution in [-0.4, -0.2) is 31.1 Å². The van der Waals surface area contributed by atoms with Gasteiger partial charge in [0, 0.05) is 6.42 Å². The number of nitrogens with one attached hydrogen (secondary N) is 2. The lowest BCUT2D eigenvalue weighted by Gasteiger charge is -2.14. The summed E-state index contributed by atoms with van der Waals surface area (Å²) >= 11 is 0. The number of carbonyl (C=O) groups excluding carboxylic acids is 1. The van der Waals surface area contributed by atoms with E-state index in [1.807, 2.05) is 18.2 Å². The van der Waals surface area contributed by atoms with Crippen LogP contribution in [0, 0.1) is 0 Å². The summed E-state index contributed by atoms with van der Waals surface area (Å²) in [5, 5.41) is 6.17. The maximum atomic E-state index is 11.8. The predicted molar refractivity (Wildman–Crippen MR) is 68.6 cm³/mol. The average Bonchev–Trinajstić information content (AvgIpc) is 3.04. The zero-order valence-electron chi connectivity index (χ0n) is 10.3. The Kier molecular flexibility index (Phi) is 3.19. The Labute approximate surface area is 107 Å². The van der Waals surface area contributed by atoms with E-state index in [0.29, 0.717) is 6.54 Å². The van der Waals surface area contributed by atoms with Crippen molar-refractivity contribution in [3.05, 3.63) is 29.8 Å². The number of fused-ring (bicyclic) bond motifs is 1. The van der Waals surface area contributed by atoms with Crippen molar-refractivity contribution in [3.8, 4) is 5.75 Å². The van der Waals surface area contributed by atoms with Gasteiger partial charge < -0.3 is 15.4 Å². The Bertz CT molecular complexity index is 416. The van der Waals surface area contributed by atoms with E-state index in [9.17, 15) is 4.79 Å². The molecule has 4 nitrogen and oxygen atoms in total. The first-order valence-electron chi connectivity index (χ1n) is 6.58. The van der Waals surface area contributed by atoms with Crippen LogP contribution in [0.15, 0.2) is 24.3 Å². The Morgan fingerprint density at radius 2 is 2.33 bits per heavy atom. The first-order chi connectivity index (χ1) is 8.83. The normalized spacial score (nSPS) is 25.6. The van der Waals surface area contributed by atoms with Crippen LogP contribution in [-0.2, 0) is 11.2 Å². The van der Waals surface area contributed by atoms with E-state index in [-0.39, 0.29) is 18.1 Å². The molecule has 0 aromatic heterocycles. The summed E-state index contributed by atoms with van der Waals surface area (Å²) in [5.74, 6) is 1.06. The minimum atomic E-state index is -0.00576. The van der Waals surface area contributed by atoms with Crippen molar-refractivity contribution in [2.45, 2.75) is 31.4 Å². The summed E-state index contributed by atoms with van der Waals surface area (Å²) in [4.78, 5) is 11.8. The Morgan fingerprint density at radius 3 is 3.11 bits per heavy atom. The third kappa shape index (κ3) is 2.34. The summed E-state index contributed by atoms with van der Waals surface area (Å²) in [6.07, 6.45) is 2.99. The number of carbonyl (C=O) groups is 1. The van der Waals surface area contributed by atoms with Gasteiger partial charge in [-0.05, 0) is 31.0 Å². The van der Waals surface area contributed by atoms with Crippen molar-refractivity contribution >= 4 is 5.91 Å². The molecule has 4 heteroatoms. The zero-order valence-corrected chi connectivity index (χ0v) is 10.3. The van der Waals surface area contributed by atoms with E-state index in [0.717, 1.165) is 31.6 Å². The molecule has 1 unspecified atom stereocenters. The number of hydrogen-bond donors (Lipinski definition) is 2. The highest BCUT2D eigenvalue weighted by molar-refractivity contribution is 5.82. The summed E-state index contributed by atoms with van der Waals surface area (Å²) in [6, 6.07) is 8.05. The van der Waals surface area contributed by atoms with Gasteiger partial charge in [0.1, 0.15) is 11.9 Å². The number of ether oxygens (including phenoxy) is 1. The fraction of sp³-hybridized carbons (Fsp3) is 0.500. The number of para-hydroxylation sites is 1. The number of benzene rings is 1. The van der Waals surface area contributed by atoms with Crippen molar-refractivity contribution in [2.75, 3.05) is 13.1 Å². The fourth-order valence-electron chi connectivity index (χ4n) is 2.61. The van der Waals surface area contributed by atoms with Crippen molar-refractivity contribution < 1.29 is 9.53 Å². The third-order valence-electron chi connectivity index (χ3n) is 3.59. The van der Waals surface area contributed by atoms with E-state index < -0.39 is 0 Å². The molecule has 0 aliphatic carbocycles. The van der Waals surface area contributed by atoms with Crippen LogP contribution in [0.5, 0.6) is 5.75 Å². The molecule has 2 N–H and O–H groups in total. The van der Waals surface area contributed by atoms with Gasteiger partial charge in [-0.25, -0.2) is 0 Å². The van der Waals surface area contributed by atoms with Gasteiger partial charge in [0.05, 0.1) is 12.6 Å². The molecule has 1 saturated heterocycles. The highest BCUT2D eigenvalue weighted by atomic mass is 16.5. The average molecular weight is 246 g/mol. The molecule has 1 aromatic rings. The van der Waals surface area contributed by atoms with Crippen LogP contribution in [0.25, 0.3) is 0 Å². The first-order valence-corrected chi connectivity index (χ1v) is 6.58. The fourth-order valence-corrected chi connectivity index (χ4v) is 2.61. The van der Waals surface area contributed by atoms with Gasteiger partial charge in [0.15, 0.2) is 0 Å². The van der Waals surface area contributed by atoms with Crippen molar-refractivity contribution in [1.82, 2.24) is 10.6 Å². The van der Waals surface area contributed by atoms with Gasteiger partial charge in [-0.15, -0.1) is 0 Å². The molecule has 96 valence electrons. The minimum Gasteiger partial charge on any atom is -0.488 e. The lowest BCUT2D eigenvalue weighted by molar-refractivity contribution is -0.123. The highest BCUT2D eigenvalue weighted by Gasteiger charge is 2.25. The molecule has 1 fully saturated rings. The molecule has 3 rings (SSSR count). The number of amides is 1. The summed E-state index contributed by atoms with van der Waals surface area (Å²) in [5.41, 5.74) is 1.23. The smallest absolute Gasteiger partial charge is 0.237 e. The van der Waals surface area contributed by atoms with E-state index in [1.54, 1.807) is 0 Å². The lowest BCUT2D eigenvalue weighted by atomic mass is 10.1. The van der Waals surface area contributed by atoms with Gasteiger partial charge in [0.2, 0.25) is 5.91 Å². The second-order valence-corrected chi connectivity index (χ2v) is 4.95. The molecular weight excluding hydrogens is 228 g/mol. The Hall–Kier alpha value is -1.55. The molecule has 0 radical (unpaired) electrons. The Morgan fingerprint density at radius 1 is 1.44 bits per heavy atom. The monoisotopic (exact) mass is 246 g/mol. The molecule has 0 spiro atoms. The molecule has 2 aliphatic heterocycles. The van der Waals surface area contributed by atoms with E-state index >= 15 is 0 Å². The van der Waals surface area contributed by atoms with E-state index in [1.165, 1.54) is 5.56 Å². The van der Waals surface area contributed by atoms with E-state index in [4.69, 9.17) is 4.74 Å². The van der Waals surface area contributed by atoms with Crippen LogP contribution < -0.4 is 15.4 Å². The summed E-state index contributed by atoms with van der Waals surface area (Å²) in [6.45, 7) is 1.54. The second-order valence-electron chi connectivity index (χ2n) is 4.95. The Balaban J connectivity index is 1.49. The van der Waals surface area contributed by atoms with Crippen molar-refractivity contribution in [2.24, 2.45) is 0 Å². The minimum absolute atomic E-state index is 0.00576. The largest absolute Gasteiger partial charge is 0.488 e. The summed E-state index contributed by atoms with van der Waals surface area (Å²) in [7, 11) is 0.